The molecule has 8 atom stereocenters. The molecule has 8 heterocycles. The van der Waals surface area contributed by atoms with Crippen LogP contribution in [0.3, 0.4) is 0 Å². The van der Waals surface area contributed by atoms with Crippen LogP contribution in [0.2, 0.25) is 0 Å². The first-order valence-corrected chi connectivity index (χ1v) is 26.1. The molecule has 4 fully saturated rings. The number of carbonyl (C=O) groups is 4. The van der Waals surface area contributed by atoms with Gasteiger partial charge < -0.3 is 49.3 Å². The average Bonchev–Trinajstić information content (AvgIpc) is 4.14. The number of aromatic nitrogens is 6. The fourth-order valence-electron chi connectivity index (χ4n) is 11.7. The van der Waals surface area contributed by atoms with E-state index < -0.39 is 41.9 Å². The van der Waals surface area contributed by atoms with Crippen molar-refractivity contribution in [2.75, 3.05) is 27.4 Å². The number of nitrogens with zero attached hydrogens (tertiary/aromatic N) is 6. The molecule has 3 saturated heterocycles. The van der Waals surface area contributed by atoms with Crippen molar-refractivity contribution in [1.29, 1.82) is 0 Å². The van der Waals surface area contributed by atoms with Crippen LogP contribution in [-0.4, -0.2) is 114 Å². The lowest BCUT2D eigenvalue weighted by atomic mass is 9.82. The number of alkyl carbamates (subject to hydrolysis) is 2. The van der Waals surface area contributed by atoms with Crippen molar-refractivity contribution in [2.24, 2.45) is 17.8 Å². The van der Waals surface area contributed by atoms with Gasteiger partial charge in [0.05, 0.1) is 82.3 Å². The van der Waals surface area contributed by atoms with E-state index >= 15 is 4.39 Å². The van der Waals surface area contributed by atoms with Crippen LogP contribution in [0.4, 0.5) is 14.0 Å². The second-order valence-electron chi connectivity index (χ2n) is 20.9. The van der Waals surface area contributed by atoms with Crippen LogP contribution in [0.15, 0.2) is 55.0 Å². The number of nitrogens with one attached hydrogen (secondary N) is 4. The van der Waals surface area contributed by atoms with Crippen LogP contribution < -0.4 is 15.4 Å². The summed E-state index contributed by atoms with van der Waals surface area (Å²) in [5.41, 5.74) is 4.10. The maximum absolute atomic E-state index is 17.0. The predicted molar refractivity (Wildman–Crippen MR) is 269 cm³/mol. The number of ether oxygens (including phenoxy) is 4. The molecule has 0 bridgehead atoms. The molecule has 5 aliphatic rings. The number of halogens is 1. The fourth-order valence-corrected chi connectivity index (χ4v) is 12.6. The molecule has 1 saturated carbocycles. The molecule has 0 spiro atoms. The number of rotatable bonds is 12. The Morgan fingerprint density at radius 2 is 1.64 bits per heavy atom. The van der Waals surface area contributed by atoms with Gasteiger partial charge in [0.25, 0.3) is 0 Å². The van der Waals surface area contributed by atoms with Gasteiger partial charge in [-0.1, -0.05) is 26.8 Å². The van der Waals surface area contributed by atoms with E-state index in [2.05, 4.69) is 38.6 Å². The van der Waals surface area contributed by atoms with Gasteiger partial charge >= 0.3 is 12.2 Å². The number of benzene rings is 2. The third-order valence-electron chi connectivity index (χ3n) is 15.4. The van der Waals surface area contributed by atoms with Gasteiger partial charge in [-0.05, 0) is 107 Å². The Labute approximate surface area is 425 Å². The van der Waals surface area contributed by atoms with Crippen molar-refractivity contribution in [3.63, 3.8) is 0 Å². The molecular weight excluding hydrogens is 956 g/mol. The number of aryl methyl sites for hydroxylation is 1. The number of H-pyrrole nitrogens is 2. The summed E-state index contributed by atoms with van der Waals surface area (Å²) in [6.45, 7) is 10.8. The largest absolute Gasteiger partial charge is 0.464 e. The van der Waals surface area contributed by atoms with Gasteiger partial charge in [-0.2, -0.15) is 0 Å². The van der Waals surface area contributed by atoms with Crippen molar-refractivity contribution in [1.82, 2.24) is 49.9 Å². The quantitative estimate of drug-likeness (QED) is 0.0910. The number of aromatic amines is 2. The highest BCUT2D eigenvalue weighted by Crippen LogP contribution is 2.54. The van der Waals surface area contributed by atoms with Gasteiger partial charge in [0, 0.05) is 41.9 Å². The number of carbonyl (C=O) groups excluding carboxylic acids is 4. The van der Waals surface area contributed by atoms with Crippen LogP contribution in [0, 0.1) is 23.6 Å². The number of methoxy groups -OCH3 is 2. The van der Waals surface area contributed by atoms with Crippen LogP contribution >= 0.6 is 11.3 Å². The molecule has 6 aromatic rings. The zero-order valence-corrected chi connectivity index (χ0v) is 42.8. The van der Waals surface area contributed by atoms with Gasteiger partial charge in [-0.3, -0.25) is 14.2 Å². The zero-order valence-electron chi connectivity index (χ0n) is 42.0. The Kier molecular flexibility index (Phi) is 12.6. The molecule has 73 heavy (non-hydrogen) atoms. The molecule has 0 radical (unpaired) electrons. The zero-order chi connectivity index (χ0) is 51.0. The van der Waals surface area contributed by atoms with E-state index in [1.165, 1.54) is 20.3 Å². The van der Waals surface area contributed by atoms with Crippen molar-refractivity contribution in [3.05, 3.63) is 82.3 Å². The molecule has 4 amide bonds. The van der Waals surface area contributed by atoms with Crippen LogP contribution in [0.5, 0.6) is 5.75 Å². The van der Waals surface area contributed by atoms with Crippen molar-refractivity contribution in [2.45, 2.75) is 122 Å². The third-order valence-corrected chi connectivity index (χ3v) is 16.6. The molecule has 11 rings (SSSR count). The standard InChI is InChI=1S/C53H61FN10O8S/c1-8-42-55-25-41(73-42)50-64-35-12-11-27(33-23-57-47(58-33)39-20-31-18-37(31)63(39)49(66)45(61-52(68)70-7)28-13-15-71-53(4,5)22-28)16-30(35)19-38(64)43-32(54)17-29(21-40(43)72-50)34-24-56-46(59-34)36-10-9-14-62(36)48(65)44(26(2)3)60-51(67)69-6/h11-12,16-17,19,21,23-26,28,31,36-37,39,44-45,50H,8-10,13-15,18,20,22H2,1-7H3,(H,56,59)(H,57,58)(H,60,67)(H,61,68)/t28?,31-,36+,37-,39+,44?,45?,50?/m1/s1. The highest BCUT2D eigenvalue weighted by molar-refractivity contribution is 7.11. The Morgan fingerprint density at radius 1 is 0.904 bits per heavy atom. The fraction of sp³-hybridized carbons (Fsp3) is 0.491. The van der Waals surface area contributed by atoms with Gasteiger partial charge in [0.15, 0.2) is 0 Å². The number of amides is 4. The van der Waals surface area contributed by atoms with Crippen molar-refractivity contribution < 1.29 is 42.5 Å². The summed E-state index contributed by atoms with van der Waals surface area (Å²) in [5.74, 6) is 0.833. The SMILES string of the molecule is CCc1ncc(C2Oc3cc(-c4cnc([C@@H]5CCCN5C(=O)C(NC(=O)OC)C(C)C)[nH]4)cc(F)c3-c3cc4cc(-c5cnc([C@@H]6C[C@H]7C[C@H]7N6C(=O)C(NC(=O)OC)C6CCOC(C)(C)C6)[nH]5)ccc4n32)s1. The predicted octanol–water partition coefficient (Wildman–Crippen LogP) is 8.82. The van der Waals surface area contributed by atoms with Crippen LogP contribution in [-0.2, 0) is 30.2 Å². The first-order chi connectivity index (χ1) is 35.1. The second-order valence-corrected chi connectivity index (χ2v) is 22.1. The summed E-state index contributed by atoms with van der Waals surface area (Å²) < 4.78 is 41.6. The number of likely N-dealkylation sites (tertiary alicyclic amines) is 2. The highest BCUT2D eigenvalue weighted by atomic mass is 32.1. The molecule has 384 valence electrons. The number of piperidine rings is 1. The van der Waals surface area contributed by atoms with E-state index in [0.29, 0.717) is 78.2 Å². The number of hydrogen-bond acceptors (Lipinski definition) is 12. The Bertz CT molecular complexity index is 3120. The van der Waals surface area contributed by atoms with E-state index in [9.17, 15) is 19.2 Å². The Morgan fingerprint density at radius 3 is 2.36 bits per heavy atom. The molecule has 20 heteroatoms. The lowest BCUT2D eigenvalue weighted by Gasteiger charge is -2.40. The molecule has 1 aliphatic carbocycles. The number of imidazole rings is 2. The van der Waals surface area contributed by atoms with Gasteiger partial charge in [-0.25, -0.2) is 28.9 Å². The van der Waals surface area contributed by atoms with E-state index in [1.54, 1.807) is 28.6 Å². The normalized spacial score (nSPS) is 23.6. The van der Waals surface area contributed by atoms with Crippen LogP contribution in [0.1, 0.15) is 113 Å². The number of thiazole rings is 1. The monoisotopic (exact) mass is 1020 g/mol. The van der Waals surface area contributed by atoms with Crippen molar-refractivity contribution >= 4 is 46.2 Å². The highest BCUT2D eigenvalue weighted by Gasteiger charge is 2.57. The van der Waals surface area contributed by atoms with E-state index in [1.807, 2.05) is 67.6 Å². The van der Waals surface area contributed by atoms with Gasteiger partial charge in [-0.15, -0.1) is 11.3 Å². The average molecular weight is 1020 g/mol. The van der Waals surface area contributed by atoms with E-state index in [-0.39, 0.29) is 41.8 Å². The summed E-state index contributed by atoms with van der Waals surface area (Å²) in [7, 11) is 2.57. The summed E-state index contributed by atoms with van der Waals surface area (Å²) in [6, 6.07) is 9.25. The summed E-state index contributed by atoms with van der Waals surface area (Å²) in [5, 5.41) is 7.39. The molecule has 4 unspecified atom stereocenters. The number of fused-ring (bicyclic) bond motifs is 6. The van der Waals surface area contributed by atoms with Crippen molar-refractivity contribution in [3.8, 4) is 39.5 Å². The molecular formula is C53H61FN10O8S. The topological polar surface area (TPSA) is 211 Å². The third kappa shape index (κ3) is 8.89. The molecule has 4 N–H and O–H groups in total. The molecule has 18 nitrogen and oxygen atoms in total. The molecule has 4 aromatic heterocycles. The van der Waals surface area contributed by atoms with Gasteiger partial charge in [0.1, 0.15) is 35.3 Å². The Balaban J connectivity index is 0.893. The van der Waals surface area contributed by atoms with Gasteiger partial charge in [0.2, 0.25) is 18.0 Å². The minimum Gasteiger partial charge on any atom is -0.464 e. The van der Waals surface area contributed by atoms with Crippen LogP contribution in [0.25, 0.3) is 44.7 Å². The summed E-state index contributed by atoms with van der Waals surface area (Å²) in [4.78, 5) is 79.0. The summed E-state index contributed by atoms with van der Waals surface area (Å²) >= 11 is 1.55. The summed E-state index contributed by atoms with van der Waals surface area (Å²) in [6.07, 6.45) is 8.43. The maximum atomic E-state index is 17.0. The maximum Gasteiger partial charge on any atom is 0.407 e. The first kappa shape index (κ1) is 48.5. The van der Waals surface area contributed by atoms with E-state index in [0.717, 1.165) is 57.7 Å². The Hall–Kier alpha value is -6.80. The first-order valence-electron chi connectivity index (χ1n) is 25.3. The van der Waals surface area contributed by atoms with E-state index in [4.69, 9.17) is 28.9 Å². The minimum absolute atomic E-state index is 0.0743. The smallest absolute Gasteiger partial charge is 0.407 e. The molecule has 4 aliphatic heterocycles. The lowest BCUT2D eigenvalue weighted by Crippen LogP contribution is -2.55. The molecule has 2 aromatic carbocycles. The second kappa shape index (κ2) is 18.9. The number of hydrogen-bond donors (Lipinski definition) is 4. The lowest BCUT2D eigenvalue weighted by molar-refractivity contribution is -0.140. The minimum atomic E-state index is -0.777.